The maximum atomic E-state index is 13.6. The molecule has 0 bridgehead atoms. The van der Waals surface area contributed by atoms with Gasteiger partial charge in [0.25, 0.3) is 0 Å². The molecule has 0 N–H and O–H groups in total. The first-order valence-electron chi connectivity index (χ1n) is 5.10. The van der Waals surface area contributed by atoms with E-state index in [1.54, 1.807) is 6.92 Å². The summed E-state index contributed by atoms with van der Waals surface area (Å²) in [7, 11) is 0. The fourth-order valence-corrected chi connectivity index (χ4v) is 1.50. The normalized spacial score (nSPS) is 10.4. The van der Waals surface area contributed by atoms with Crippen molar-refractivity contribution in [3.8, 4) is 17.4 Å². The average molecular weight is 272 g/mol. The molecule has 0 fully saturated rings. The molecule has 2 rings (SSSR count). The predicted molar refractivity (Wildman–Crippen MR) is 61.4 cm³/mol. The van der Waals surface area contributed by atoms with Gasteiger partial charge in [0, 0.05) is 0 Å². The highest BCUT2D eigenvalue weighted by Gasteiger charge is 2.16. The summed E-state index contributed by atoms with van der Waals surface area (Å²) < 4.78 is 32.2. The Hall–Kier alpha value is -1.82. The van der Waals surface area contributed by atoms with E-state index in [-0.39, 0.29) is 22.7 Å². The number of ether oxygens (including phenoxy) is 1. The fraction of sp³-hybridized carbons (Fsp3) is 0.182. The topological polar surface area (TPSA) is 47.9 Å². The minimum absolute atomic E-state index is 0.0739. The van der Waals surface area contributed by atoms with E-state index < -0.39 is 11.6 Å². The lowest BCUT2D eigenvalue weighted by atomic mass is 10.2. The summed E-state index contributed by atoms with van der Waals surface area (Å²) in [5.41, 5.74) is -0.359. The molecule has 94 valence electrons. The smallest absolute Gasteiger partial charge is 0.321 e. The summed E-state index contributed by atoms with van der Waals surface area (Å²) in [6.45, 7) is 2.03. The van der Waals surface area contributed by atoms with Crippen molar-refractivity contribution >= 4 is 11.6 Å². The van der Waals surface area contributed by atoms with Crippen LogP contribution in [0.15, 0.2) is 18.2 Å². The van der Waals surface area contributed by atoms with E-state index in [1.807, 2.05) is 0 Å². The Morgan fingerprint density at radius 2 is 1.83 bits per heavy atom. The van der Waals surface area contributed by atoms with Gasteiger partial charge in [-0.15, -0.1) is 0 Å². The molecule has 7 heteroatoms. The summed E-state index contributed by atoms with van der Waals surface area (Å²) in [5, 5.41) is -0.189. The molecule has 0 aliphatic heterocycles. The van der Waals surface area contributed by atoms with E-state index in [2.05, 4.69) is 15.0 Å². The van der Waals surface area contributed by atoms with Crippen LogP contribution in [0.2, 0.25) is 5.28 Å². The van der Waals surface area contributed by atoms with Gasteiger partial charge in [-0.25, -0.2) is 8.78 Å². The Labute approximate surface area is 107 Å². The van der Waals surface area contributed by atoms with Gasteiger partial charge in [0.05, 0.1) is 12.2 Å². The molecule has 0 aliphatic rings. The summed E-state index contributed by atoms with van der Waals surface area (Å²) in [6, 6.07) is 3.39. The molecule has 2 aromatic rings. The lowest BCUT2D eigenvalue weighted by molar-refractivity contribution is 0.311. The molecule has 0 spiro atoms. The molecule has 0 radical (unpaired) electrons. The van der Waals surface area contributed by atoms with Gasteiger partial charge in [-0.05, 0) is 30.7 Å². The Balaban J connectivity index is 2.56. The second kappa shape index (κ2) is 5.22. The van der Waals surface area contributed by atoms with Gasteiger partial charge in [-0.2, -0.15) is 15.0 Å². The number of hydrogen-bond donors (Lipinski definition) is 0. The molecule has 4 nitrogen and oxygen atoms in total. The highest BCUT2D eigenvalue weighted by atomic mass is 35.5. The lowest BCUT2D eigenvalue weighted by Crippen LogP contribution is -2.03. The number of nitrogens with zero attached hydrogens (tertiary/aromatic N) is 3. The van der Waals surface area contributed by atoms with Crippen molar-refractivity contribution < 1.29 is 13.5 Å². The second-order valence-electron chi connectivity index (χ2n) is 3.24. The quantitative estimate of drug-likeness (QED) is 0.861. The van der Waals surface area contributed by atoms with Gasteiger partial charge >= 0.3 is 6.01 Å². The minimum Gasteiger partial charge on any atom is -0.464 e. The summed E-state index contributed by atoms with van der Waals surface area (Å²) in [4.78, 5) is 11.2. The van der Waals surface area contributed by atoms with Crippen LogP contribution >= 0.6 is 11.6 Å². The van der Waals surface area contributed by atoms with E-state index in [4.69, 9.17) is 16.3 Å². The highest BCUT2D eigenvalue weighted by molar-refractivity contribution is 6.28. The second-order valence-corrected chi connectivity index (χ2v) is 3.58. The average Bonchev–Trinajstić information content (AvgIpc) is 2.28. The van der Waals surface area contributed by atoms with Crippen LogP contribution in [0.4, 0.5) is 8.78 Å². The first kappa shape index (κ1) is 12.6. The van der Waals surface area contributed by atoms with E-state index in [9.17, 15) is 8.78 Å². The van der Waals surface area contributed by atoms with Gasteiger partial charge in [0.15, 0.2) is 5.82 Å². The maximum absolute atomic E-state index is 13.6. The van der Waals surface area contributed by atoms with Gasteiger partial charge in [0.2, 0.25) is 5.28 Å². The van der Waals surface area contributed by atoms with Crippen molar-refractivity contribution in [2.45, 2.75) is 6.92 Å². The molecular formula is C11H8ClF2N3O. The Bertz CT molecular complexity index is 560. The van der Waals surface area contributed by atoms with Crippen molar-refractivity contribution in [3.05, 3.63) is 35.1 Å². The zero-order chi connectivity index (χ0) is 13.1. The third-order valence-corrected chi connectivity index (χ3v) is 2.22. The van der Waals surface area contributed by atoms with Crippen molar-refractivity contribution in [2.75, 3.05) is 6.61 Å². The molecule has 0 saturated carbocycles. The zero-order valence-electron chi connectivity index (χ0n) is 9.32. The molecule has 18 heavy (non-hydrogen) atoms. The van der Waals surface area contributed by atoms with Crippen LogP contribution in [0.5, 0.6) is 6.01 Å². The van der Waals surface area contributed by atoms with Gasteiger partial charge in [0.1, 0.15) is 11.6 Å². The van der Waals surface area contributed by atoms with Crippen LogP contribution < -0.4 is 4.74 Å². The molecule has 1 aromatic carbocycles. The van der Waals surface area contributed by atoms with Crippen LogP contribution in [0.25, 0.3) is 11.4 Å². The van der Waals surface area contributed by atoms with E-state index in [1.165, 1.54) is 6.07 Å². The van der Waals surface area contributed by atoms with Crippen LogP contribution in [0, 0.1) is 11.6 Å². The zero-order valence-corrected chi connectivity index (χ0v) is 10.1. The number of rotatable bonds is 3. The number of hydrogen-bond acceptors (Lipinski definition) is 4. The van der Waals surface area contributed by atoms with Gasteiger partial charge < -0.3 is 4.74 Å². The first-order chi connectivity index (χ1) is 8.61. The molecule has 0 amide bonds. The van der Waals surface area contributed by atoms with E-state index in [0.29, 0.717) is 6.61 Å². The standard InChI is InChI=1S/C11H8ClF2N3O/c1-2-18-11-16-9(15-10(12)17-11)8-6(13)4-3-5-7(8)14/h3-5H,2H2,1H3. The van der Waals surface area contributed by atoms with Crippen molar-refractivity contribution in [1.29, 1.82) is 0 Å². The molecule has 0 atom stereocenters. The van der Waals surface area contributed by atoms with Crippen LogP contribution in [-0.4, -0.2) is 21.6 Å². The summed E-state index contributed by atoms with van der Waals surface area (Å²) in [5.74, 6) is -1.76. The number of aromatic nitrogens is 3. The molecule has 0 aliphatic carbocycles. The number of benzene rings is 1. The third-order valence-electron chi connectivity index (χ3n) is 2.05. The van der Waals surface area contributed by atoms with E-state index >= 15 is 0 Å². The van der Waals surface area contributed by atoms with Crippen molar-refractivity contribution in [3.63, 3.8) is 0 Å². The molecule has 0 saturated heterocycles. The highest BCUT2D eigenvalue weighted by Crippen LogP contribution is 2.24. The Kier molecular flexibility index (Phi) is 3.66. The SMILES string of the molecule is CCOc1nc(Cl)nc(-c2c(F)cccc2F)n1. The summed E-state index contributed by atoms with van der Waals surface area (Å²) in [6.07, 6.45) is 0. The van der Waals surface area contributed by atoms with Crippen molar-refractivity contribution in [2.24, 2.45) is 0 Å². The van der Waals surface area contributed by atoms with Crippen molar-refractivity contribution in [1.82, 2.24) is 15.0 Å². The molecule has 1 aromatic heterocycles. The monoisotopic (exact) mass is 271 g/mol. The summed E-state index contributed by atoms with van der Waals surface area (Å²) >= 11 is 5.65. The fourth-order valence-electron chi connectivity index (χ4n) is 1.35. The molecule has 0 unspecified atom stereocenters. The van der Waals surface area contributed by atoms with E-state index in [0.717, 1.165) is 12.1 Å². The van der Waals surface area contributed by atoms with Gasteiger partial charge in [-0.3, -0.25) is 0 Å². The Morgan fingerprint density at radius 1 is 1.17 bits per heavy atom. The van der Waals surface area contributed by atoms with Gasteiger partial charge in [-0.1, -0.05) is 6.07 Å². The van der Waals surface area contributed by atoms with Crippen LogP contribution in [-0.2, 0) is 0 Å². The third kappa shape index (κ3) is 2.53. The van der Waals surface area contributed by atoms with Crippen LogP contribution in [0.3, 0.4) is 0 Å². The molecular weight excluding hydrogens is 264 g/mol. The first-order valence-corrected chi connectivity index (χ1v) is 5.48. The minimum atomic E-state index is -0.778. The Morgan fingerprint density at radius 3 is 2.44 bits per heavy atom. The largest absolute Gasteiger partial charge is 0.464 e. The van der Waals surface area contributed by atoms with Crippen LogP contribution in [0.1, 0.15) is 6.92 Å². The number of halogens is 3. The maximum Gasteiger partial charge on any atom is 0.321 e. The molecule has 1 heterocycles. The predicted octanol–water partition coefficient (Wildman–Crippen LogP) is 2.87. The lowest BCUT2D eigenvalue weighted by Gasteiger charge is -2.06.